The van der Waals surface area contributed by atoms with E-state index >= 15 is 0 Å². The van der Waals surface area contributed by atoms with Crippen LogP contribution >= 0.6 is 0 Å². The normalized spacial score (nSPS) is 9.42. The summed E-state index contributed by atoms with van der Waals surface area (Å²) in [6.07, 6.45) is 2.80. The number of hydrogen-bond acceptors (Lipinski definition) is 4. The van der Waals surface area contributed by atoms with Crippen LogP contribution < -0.4 is 10.2 Å². The van der Waals surface area contributed by atoms with E-state index in [1.54, 1.807) is 0 Å². The van der Waals surface area contributed by atoms with Crippen LogP contribution in [0.5, 0.6) is 11.5 Å². The average molecular weight is 532 g/mol. The Hall–Kier alpha value is -2.14. The van der Waals surface area contributed by atoms with E-state index < -0.39 is 0 Å². The maximum Gasteiger partial charge on any atom is 3.00 e. The molecular formula is C20H23IrN2O3. The second kappa shape index (κ2) is 10.1. The molecule has 2 N–H and O–H groups in total. The van der Waals surface area contributed by atoms with Gasteiger partial charge in [0.05, 0.1) is 11.4 Å². The second-order valence-corrected chi connectivity index (χ2v) is 5.88. The van der Waals surface area contributed by atoms with Crippen LogP contribution in [0.4, 0.5) is 0 Å². The van der Waals surface area contributed by atoms with Crippen molar-refractivity contribution in [3.63, 3.8) is 0 Å². The molecule has 140 valence electrons. The number of pyridine rings is 2. The van der Waals surface area contributed by atoms with Crippen molar-refractivity contribution in [3.8, 4) is 22.9 Å². The quantitative estimate of drug-likeness (QED) is 0.450. The van der Waals surface area contributed by atoms with Gasteiger partial charge >= 0.3 is 20.1 Å². The van der Waals surface area contributed by atoms with Gasteiger partial charge in [0.2, 0.25) is 0 Å². The molecule has 2 heterocycles. The molecule has 0 spiro atoms. The van der Waals surface area contributed by atoms with Crippen molar-refractivity contribution < 1.29 is 35.8 Å². The summed E-state index contributed by atoms with van der Waals surface area (Å²) in [4.78, 5) is 7.90. The van der Waals surface area contributed by atoms with Gasteiger partial charge in [-0.1, -0.05) is 46.8 Å². The molecule has 0 bridgehead atoms. The van der Waals surface area contributed by atoms with E-state index in [1.165, 1.54) is 64.5 Å². The zero-order valence-corrected chi connectivity index (χ0v) is 17.9. The summed E-state index contributed by atoms with van der Waals surface area (Å²) in [5, 5.41) is 22.0. The first-order valence-electron chi connectivity index (χ1n) is 7.77. The summed E-state index contributed by atoms with van der Waals surface area (Å²) in [5.41, 5.74) is 8.19. The predicted molar refractivity (Wildman–Crippen MR) is 95.7 cm³/mol. The zero-order valence-electron chi connectivity index (χ0n) is 15.5. The molecule has 0 radical (unpaired) electrons. The Morgan fingerprint density at radius 1 is 0.769 bits per heavy atom. The first kappa shape index (κ1) is 23.9. The molecule has 0 aliphatic heterocycles. The standard InChI is InChI=1S/C10H8N2O2.C10H15.Ir.H2O/c13-7-1-3-11-9(5-7)10-6-8(14)2-4-12-10;1-6-7(2)9(4)10(5)8(6)3;;/h1-6H,(H,11,13)(H,12,14);1-5H3;;1H2/q;-1;+3;/p-2. The molecule has 1 aromatic carbocycles. The summed E-state index contributed by atoms with van der Waals surface area (Å²) in [6.45, 7) is 11.0. The van der Waals surface area contributed by atoms with Crippen LogP contribution in [0.2, 0.25) is 0 Å². The Labute approximate surface area is 167 Å². The maximum atomic E-state index is 11.0. The van der Waals surface area contributed by atoms with E-state index in [4.69, 9.17) is 0 Å². The maximum absolute atomic E-state index is 11.0. The smallest absolute Gasteiger partial charge is 0.872 e. The van der Waals surface area contributed by atoms with E-state index in [9.17, 15) is 10.2 Å². The minimum Gasteiger partial charge on any atom is -0.872 e. The summed E-state index contributed by atoms with van der Waals surface area (Å²) >= 11 is 0. The third-order valence-corrected chi connectivity index (χ3v) is 4.54. The molecule has 26 heavy (non-hydrogen) atoms. The third kappa shape index (κ3) is 5.43. The molecule has 5 nitrogen and oxygen atoms in total. The number of aromatic nitrogens is 2. The molecule has 0 saturated heterocycles. The zero-order chi connectivity index (χ0) is 17.9. The van der Waals surface area contributed by atoms with Crippen molar-refractivity contribution in [2.75, 3.05) is 0 Å². The molecule has 0 unspecified atom stereocenters. The van der Waals surface area contributed by atoms with E-state index in [1.807, 2.05) is 0 Å². The van der Waals surface area contributed by atoms with Crippen molar-refractivity contribution in [1.82, 2.24) is 9.97 Å². The van der Waals surface area contributed by atoms with Gasteiger partial charge in [-0.05, 0) is 12.1 Å². The SMILES string of the molecule is Cc1c(C)c(C)[c-](C)c1C.O.[Ir+3].[O-]c1ccnc(-c2cc([O-])ccn2)c1. The van der Waals surface area contributed by atoms with Gasteiger partial charge in [0.1, 0.15) is 0 Å². The van der Waals surface area contributed by atoms with Crippen LogP contribution in [0.1, 0.15) is 27.8 Å². The Balaban J connectivity index is 0.000000469. The Morgan fingerprint density at radius 2 is 1.12 bits per heavy atom. The van der Waals surface area contributed by atoms with Crippen LogP contribution in [-0.2, 0) is 20.1 Å². The molecule has 0 aliphatic rings. The fourth-order valence-electron chi connectivity index (χ4n) is 2.51. The monoisotopic (exact) mass is 532 g/mol. The van der Waals surface area contributed by atoms with Crippen molar-refractivity contribution in [2.45, 2.75) is 34.6 Å². The van der Waals surface area contributed by atoms with Gasteiger partial charge in [0.25, 0.3) is 0 Å². The Kier molecular flexibility index (Phi) is 9.28. The summed E-state index contributed by atoms with van der Waals surface area (Å²) < 4.78 is 0. The minimum atomic E-state index is -0.145. The van der Waals surface area contributed by atoms with E-state index in [2.05, 4.69) is 44.6 Å². The fraction of sp³-hybridized carbons (Fsp3) is 0.250. The summed E-state index contributed by atoms with van der Waals surface area (Å²) in [6, 6.07) is 5.40. The summed E-state index contributed by atoms with van der Waals surface area (Å²) in [7, 11) is 0. The molecule has 3 rings (SSSR count). The van der Waals surface area contributed by atoms with E-state index in [-0.39, 0.29) is 37.1 Å². The number of nitrogens with zero attached hydrogens (tertiary/aromatic N) is 2. The summed E-state index contributed by atoms with van der Waals surface area (Å²) in [5.74, 6) is -0.291. The molecule has 3 aromatic rings. The van der Waals surface area contributed by atoms with Crippen LogP contribution in [0, 0.1) is 34.6 Å². The van der Waals surface area contributed by atoms with Crippen molar-refractivity contribution in [1.29, 1.82) is 0 Å². The van der Waals surface area contributed by atoms with E-state index in [0.717, 1.165) is 0 Å². The van der Waals surface area contributed by atoms with Crippen molar-refractivity contribution >= 4 is 0 Å². The van der Waals surface area contributed by atoms with Gasteiger partial charge < -0.3 is 15.7 Å². The van der Waals surface area contributed by atoms with Crippen LogP contribution in [0.15, 0.2) is 36.7 Å². The van der Waals surface area contributed by atoms with Gasteiger partial charge in [-0.2, -0.15) is 27.8 Å². The molecule has 0 amide bonds. The largest absolute Gasteiger partial charge is 3.00 e. The molecular weight excluding hydrogens is 508 g/mol. The number of rotatable bonds is 1. The van der Waals surface area contributed by atoms with Gasteiger partial charge in [0.15, 0.2) is 0 Å². The molecule has 0 aliphatic carbocycles. The first-order chi connectivity index (χ1) is 11.3. The van der Waals surface area contributed by atoms with Gasteiger partial charge in [-0.3, -0.25) is 9.97 Å². The van der Waals surface area contributed by atoms with Crippen LogP contribution in [0.3, 0.4) is 0 Å². The number of hydrogen-bond donors (Lipinski definition) is 0. The average Bonchev–Trinajstić information content (AvgIpc) is 2.73. The van der Waals surface area contributed by atoms with Gasteiger partial charge in [-0.25, -0.2) is 0 Å². The third-order valence-electron chi connectivity index (χ3n) is 4.54. The van der Waals surface area contributed by atoms with E-state index in [0.29, 0.717) is 11.4 Å². The van der Waals surface area contributed by atoms with Gasteiger partial charge in [0, 0.05) is 12.4 Å². The predicted octanol–water partition coefficient (Wildman–Crippen LogP) is 2.41. The molecule has 6 heteroatoms. The van der Waals surface area contributed by atoms with Crippen LogP contribution in [-0.4, -0.2) is 15.4 Å². The molecule has 0 saturated carbocycles. The Bertz CT molecular complexity index is 736. The van der Waals surface area contributed by atoms with Crippen LogP contribution in [0.25, 0.3) is 11.4 Å². The molecule has 2 aromatic heterocycles. The fourth-order valence-corrected chi connectivity index (χ4v) is 2.51. The van der Waals surface area contributed by atoms with Gasteiger partial charge in [-0.15, -0.1) is 11.5 Å². The molecule has 0 fully saturated rings. The van der Waals surface area contributed by atoms with Crippen molar-refractivity contribution in [2.24, 2.45) is 0 Å². The van der Waals surface area contributed by atoms with Crippen molar-refractivity contribution in [3.05, 3.63) is 64.5 Å². The minimum absolute atomic E-state index is 0. The first-order valence-corrected chi connectivity index (χ1v) is 7.77. The topological polar surface area (TPSA) is 103 Å². The Morgan fingerprint density at radius 3 is 1.35 bits per heavy atom. The second-order valence-electron chi connectivity index (χ2n) is 5.88. The molecule has 0 atom stereocenters.